The van der Waals surface area contributed by atoms with Crippen LogP contribution in [0.4, 0.5) is 4.39 Å². The number of carbonyl (C=O) groups excluding carboxylic acids is 1. The highest BCUT2D eigenvalue weighted by molar-refractivity contribution is 7.52. The maximum absolute atomic E-state index is 16.0. The molecule has 1 amide bonds. The molecule has 2 aromatic rings. The van der Waals surface area contributed by atoms with Crippen LogP contribution in [0.3, 0.4) is 0 Å². The lowest BCUT2D eigenvalue weighted by molar-refractivity contribution is -0.121. The normalized spacial score (nSPS) is 21.8. The first-order chi connectivity index (χ1) is 25.6. The maximum Gasteiger partial charge on any atom is 0.458 e. The Morgan fingerprint density at radius 1 is 0.962 bits per heavy atom. The predicted octanol–water partition coefficient (Wildman–Crippen LogP) is 6.74. The number of allylic oxidation sites excluding steroid dienone is 10. The molecular formula is C39H54FN4O8P. The molecule has 0 radical (unpaired) electrons. The van der Waals surface area contributed by atoms with E-state index >= 15 is 4.39 Å². The Morgan fingerprint density at radius 3 is 2.19 bits per heavy atom. The number of rotatable bonds is 24. The van der Waals surface area contributed by atoms with E-state index in [1.807, 2.05) is 4.98 Å². The van der Waals surface area contributed by atoms with Crippen LogP contribution in [0.5, 0.6) is 5.75 Å². The largest absolute Gasteiger partial charge is 0.458 e. The van der Waals surface area contributed by atoms with Crippen molar-refractivity contribution in [3.8, 4) is 5.75 Å². The second-order valence-corrected chi connectivity index (χ2v) is 14.1. The van der Waals surface area contributed by atoms with Crippen molar-refractivity contribution in [2.24, 2.45) is 0 Å². The summed E-state index contributed by atoms with van der Waals surface area (Å²) < 4.78 is 47.7. The second-order valence-electron chi connectivity index (χ2n) is 12.3. The highest BCUT2D eigenvalue weighted by atomic mass is 31.2. The number of nitrogens with one attached hydrogen (secondary N) is 3. The molecule has 14 heteroatoms. The van der Waals surface area contributed by atoms with Crippen molar-refractivity contribution in [1.82, 2.24) is 20.0 Å². The number of halogens is 1. The number of hydrogen-bond acceptors (Lipinski definition) is 8. The van der Waals surface area contributed by atoms with Gasteiger partial charge in [0.2, 0.25) is 5.91 Å². The summed E-state index contributed by atoms with van der Waals surface area (Å²) >= 11 is 0. The summed E-state index contributed by atoms with van der Waals surface area (Å²) in [5.41, 5.74) is -4.01. The van der Waals surface area contributed by atoms with Gasteiger partial charge >= 0.3 is 13.4 Å². The van der Waals surface area contributed by atoms with E-state index in [1.165, 1.54) is 6.92 Å². The number of unbranched alkanes of at least 4 members (excludes halogenated alkanes) is 1. The van der Waals surface area contributed by atoms with Gasteiger partial charge in [-0.25, -0.2) is 18.8 Å². The Bertz CT molecular complexity index is 1710. The third kappa shape index (κ3) is 15.0. The van der Waals surface area contributed by atoms with Gasteiger partial charge in [0.25, 0.3) is 5.56 Å². The number of para-hydroxylation sites is 1. The van der Waals surface area contributed by atoms with Crippen LogP contribution >= 0.6 is 7.75 Å². The second kappa shape index (κ2) is 23.5. The molecule has 12 nitrogen and oxygen atoms in total. The summed E-state index contributed by atoms with van der Waals surface area (Å²) in [5, 5.41) is 16.4. The van der Waals surface area contributed by atoms with Crippen molar-refractivity contribution < 1.29 is 32.6 Å². The third-order valence-corrected chi connectivity index (χ3v) is 9.82. The third-order valence-electron chi connectivity index (χ3n) is 8.27. The van der Waals surface area contributed by atoms with E-state index in [-0.39, 0.29) is 31.2 Å². The average Bonchev–Trinajstić information content (AvgIpc) is 3.40. The number of aromatic amines is 1. The molecule has 2 heterocycles. The van der Waals surface area contributed by atoms with Crippen LogP contribution in [0.25, 0.3) is 0 Å². The van der Waals surface area contributed by atoms with Crippen LogP contribution in [-0.2, 0) is 18.6 Å². The molecule has 1 aliphatic heterocycles. The predicted molar refractivity (Wildman–Crippen MR) is 205 cm³/mol. The minimum absolute atomic E-state index is 0.0100. The first-order valence-electron chi connectivity index (χ1n) is 18.2. The molecule has 5 atom stereocenters. The van der Waals surface area contributed by atoms with Crippen molar-refractivity contribution in [2.75, 3.05) is 19.7 Å². The van der Waals surface area contributed by atoms with Crippen molar-refractivity contribution >= 4 is 13.7 Å². The lowest BCUT2D eigenvalue weighted by Crippen LogP contribution is -2.45. The Morgan fingerprint density at radius 2 is 1.58 bits per heavy atom. The van der Waals surface area contributed by atoms with Crippen molar-refractivity contribution in [3.05, 3.63) is 124 Å². The summed E-state index contributed by atoms with van der Waals surface area (Å²) in [5.74, 6) is 0.0603. The van der Waals surface area contributed by atoms with Crippen LogP contribution in [-0.4, -0.2) is 58.1 Å². The molecule has 0 aliphatic carbocycles. The number of ether oxygens (including phenoxy) is 1. The first-order valence-corrected chi connectivity index (χ1v) is 19.8. The highest BCUT2D eigenvalue weighted by Gasteiger charge is 2.57. The summed E-state index contributed by atoms with van der Waals surface area (Å²) in [7, 11) is -4.15. The number of amides is 1. The molecule has 1 saturated heterocycles. The SMILES string of the molecule is CC/C=C\C/C=C\C/C=C\C/C=C\C/C=C\CCCC(=O)NCCNP(=O)(OC[C@H]1O[C@@H](n2ccc(=O)[nH]c2=O)[C@@](F)(CC)[C@@H]1O)Oc1ccccc1. The Labute approximate surface area is 311 Å². The zero-order chi connectivity index (χ0) is 38.4. The van der Waals surface area contributed by atoms with Crippen molar-refractivity contribution in [3.63, 3.8) is 0 Å². The minimum atomic E-state index is -4.15. The molecule has 290 valence electrons. The maximum atomic E-state index is 16.0. The Hall–Kier alpha value is -4.13. The van der Waals surface area contributed by atoms with Gasteiger partial charge in [-0.05, 0) is 63.5 Å². The number of aliphatic hydroxyl groups excluding tert-OH is 1. The average molecular weight is 757 g/mol. The summed E-state index contributed by atoms with van der Waals surface area (Å²) in [4.78, 5) is 38.3. The number of benzene rings is 1. The van der Waals surface area contributed by atoms with Crippen LogP contribution < -0.4 is 26.2 Å². The summed E-state index contributed by atoms with van der Waals surface area (Å²) in [6.07, 6.45) is 24.0. The fourth-order valence-corrected chi connectivity index (χ4v) is 6.70. The molecule has 0 saturated carbocycles. The van der Waals surface area contributed by atoms with E-state index in [1.54, 1.807) is 30.3 Å². The van der Waals surface area contributed by atoms with Crippen molar-refractivity contribution in [2.45, 2.75) is 95.7 Å². The minimum Gasteiger partial charge on any atom is -0.413 e. The molecule has 4 N–H and O–H groups in total. The first kappa shape index (κ1) is 43.3. The molecule has 1 aromatic heterocycles. The Balaban J connectivity index is 1.40. The summed E-state index contributed by atoms with van der Waals surface area (Å²) in [6, 6.07) is 9.27. The van der Waals surface area contributed by atoms with Gasteiger partial charge in [-0.3, -0.25) is 23.7 Å². The van der Waals surface area contributed by atoms with E-state index < -0.39 is 49.7 Å². The number of aromatic nitrogens is 2. The Kier molecular flexibility index (Phi) is 19.2. The number of carbonyl (C=O) groups is 1. The van der Waals surface area contributed by atoms with Gasteiger partial charge < -0.3 is 19.7 Å². The summed E-state index contributed by atoms with van der Waals surface area (Å²) in [6.45, 7) is 3.17. The molecule has 0 bridgehead atoms. The number of hydrogen-bond donors (Lipinski definition) is 4. The van der Waals surface area contributed by atoms with Gasteiger partial charge in [0.1, 0.15) is 18.0 Å². The monoisotopic (exact) mass is 756 g/mol. The standard InChI is InChI=1S/C39H54FN4O8P/c1-3-5-6-7-8-9-10-11-12-13-14-15-16-17-18-19-23-26-34(45)41-28-29-42-53(49,52-32-24-21-20-22-25-32)50-31-33-36(47)39(40,4-2)37(51-33)44-30-27-35(46)43-38(44)48/h5-6,8-9,11-12,14-15,17-18,20-22,24-25,27,30,33,36-37,47H,3-4,7,10,13,16,19,23,26,28-29,31H2,1-2H3,(H,41,45)(H,42,49)(H,43,46,48)/b6-5-,9-8-,12-11-,15-14-,18-17-/t33-,36-,37-,39-,53?/m1/s1. The fraction of sp³-hybridized carbons (Fsp3) is 0.462. The van der Waals surface area contributed by atoms with Crippen LogP contribution in [0.15, 0.2) is 113 Å². The zero-order valence-electron chi connectivity index (χ0n) is 30.6. The molecule has 1 unspecified atom stereocenters. The van der Waals surface area contributed by atoms with E-state index in [0.29, 0.717) is 12.8 Å². The molecule has 0 spiro atoms. The van der Waals surface area contributed by atoms with Crippen molar-refractivity contribution in [1.29, 1.82) is 0 Å². The van der Waals surface area contributed by atoms with Gasteiger partial charge in [-0.2, -0.15) is 0 Å². The molecule has 1 aliphatic rings. The van der Waals surface area contributed by atoms with Crippen LogP contribution in [0, 0.1) is 0 Å². The van der Waals surface area contributed by atoms with Crippen LogP contribution in [0.2, 0.25) is 0 Å². The molecule has 3 rings (SSSR count). The number of H-pyrrole nitrogens is 1. The molecule has 1 aromatic carbocycles. The van der Waals surface area contributed by atoms with E-state index in [9.17, 15) is 24.1 Å². The van der Waals surface area contributed by atoms with Gasteiger partial charge in [0.15, 0.2) is 11.9 Å². The zero-order valence-corrected chi connectivity index (χ0v) is 31.5. The van der Waals surface area contributed by atoms with E-state index in [4.69, 9.17) is 13.8 Å². The number of nitrogens with zero attached hydrogens (tertiary/aromatic N) is 1. The quantitative estimate of drug-likeness (QED) is 0.0517. The lowest BCUT2D eigenvalue weighted by atomic mass is 9.93. The molecule has 53 heavy (non-hydrogen) atoms. The molecular weight excluding hydrogens is 702 g/mol. The smallest absolute Gasteiger partial charge is 0.413 e. The lowest BCUT2D eigenvalue weighted by Gasteiger charge is -2.27. The molecule has 1 fully saturated rings. The number of aliphatic hydroxyl groups is 1. The van der Waals surface area contributed by atoms with E-state index in [0.717, 1.165) is 55.4 Å². The van der Waals surface area contributed by atoms with E-state index in [2.05, 4.69) is 78.1 Å². The topological polar surface area (TPSA) is 161 Å². The highest BCUT2D eigenvalue weighted by Crippen LogP contribution is 2.47. The van der Waals surface area contributed by atoms with Gasteiger partial charge in [-0.1, -0.05) is 92.8 Å². The van der Waals surface area contributed by atoms with Crippen LogP contribution in [0.1, 0.15) is 77.9 Å². The van der Waals surface area contributed by atoms with Gasteiger partial charge in [0.05, 0.1) is 6.61 Å². The fourth-order valence-electron chi connectivity index (χ4n) is 5.36. The van der Waals surface area contributed by atoms with Gasteiger partial charge in [0, 0.05) is 31.8 Å². The van der Waals surface area contributed by atoms with Gasteiger partial charge in [-0.15, -0.1) is 0 Å². The number of alkyl halides is 1.